The first-order chi connectivity index (χ1) is 8.45. The van der Waals surface area contributed by atoms with Gasteiger partial charge < -0.3 is 16.0 Å². The third-order valence-electron chi connectivity index (χ3n) is 3.64. The second-order valence-corrected chi connectivity index (χ2v) is 5.89. The summed E-state index contributed by atoms with van der Waals surface area (Å²) in [5.74, 6) is 0.349. The van der Waals surface area contributed by atoms with Crippen LogP contribution in [0.25, 0.3) is 0 Å². The van der Waals surface area contributed by atoms with Gasteiger partial charge in [0.2, 0.25) is 5.91 Å². The van der Waals surface area contributed by atoms with Gasteiger partial charge in [-0.15, -0.1) is 0 Å². The highest BCUT2D eigenvalue weighted by Crippen LogP contribution is 2.16. The van der Waals surface area contributed by atoms with Crippen molar-refractivity contribution < 1.29 is 4.79 Å². The van der Waals surface area contributed by atoms with Crippen molar-refractivity contribution in [1.29, 1.82) is 0 Å². The van der Waals surface area contributed by atoms with Gasteiger partial charge in [-0.2, -0.15) is 0 Å². The zero-order chi connectivity index (χ0) is 13.7. The Balaban J connectivity index is 2.38. The fraction of sp³-hybridized carbons (Fsp3) is 0.846. The molecule has 0 aromatic carbocycles. The molecule has 0 radical (unpaired) electrons. The molecule has 4 nitrogen and oxygen atoms in total. The first kappa shape index (κ1) is 15.4. The van der Waals surface area contributed by atoms with Crippen LogP contribution in [0.2, 0.25) is 0 Å². The lowest BCUT2D eigenvalue weighted by molar-refractivity contribution is -0.124. The zero-order valence-corrected chi connectivity index (χ0v) is 12.4. The van der Waals surface area contributed by atoms with Crippen LogP contribution in [0.15, 0.2) is 0 Å². The van der Waals surface area contributed by atoms with E-state index in [2.05, 4.69) is 17.1 Å². The van der Waals surface area contributed by atoms with Crippen molar-refractivity contribution in [3.63, 3.8) is 0 Å². The molecule has 0 spiro atoms. The smallest absolute Gasteiger partial charge is 0.230 e. The summed E-state index contributed by atoms with van der Waals surface area (Å²) in [4.78, 5) is 14.7. The predicted molar refractivity (Wildman–Crippen MR) is 78.3 cm³/mol. The Morgan fingerprint density at radius 2 is 2.22 bits per heavy atom. The van der Waals surface area contributed by atoms with Gasteiger partial charge in [-0.3, -0.25) is 4.79 Å². The Morgan fingerprint density at radius 3 is 2.67 bits per heavy atom. The van der Waals surface area contributed by atoms with Gasteiger partial charge in [0.05, 0.1) is 10.9 Å². The van der Waals surface area contributed by atoms with E-state index in [4.69, 9.17) is 18.0 Å². The van der Waals surface area contributed by atoms with Gasteiger partial charge in [0.25, 0.3) is 0 Å². The fourth-order valence-corrected chi connectivity index (χ4v) is 2.86. The quantitative estimate of drug-likeness (QED) is 0.708. The molecule has 1 fully saturated rings. The van der Waals surface area contributed by atoms with Crippen molar-refractivity contribution in [2.75, 3.05) is 26.2 Å². The Hall–Kier alpha value is -0.680. The molecule has 1 rings (SSSR count). The van der Waals surface area contributed by atoms with E-state index in [0.717, 1.165) is 32.6 Å². The Morgan fingerprint density at radius 1 is 1.56 bits per heavy atom. The number of hydrogen-bond donors (Lipinski definition) is 2. The number of hydrogen-bond acceptors (Lipinski definition) is 3. The largest absolute Gasteiger partial charge is 0.393 e. The second-order valence-electron chi connectivity index (χ2n) is 5.42. The maximum Gasteiger partial charge on any atom is 0.230 e. The number of thiocarbonyl (C=S) groups is 1. The predicted octanol–water partition coefficient (Wildman–Crippen LogP) is 1.00. The molecule has 1 amide bonds. The van der Waals surface area contributed by atoms with E-state index in [0.29, 0.717) is 10.9 Å². The van der Waals surface area contributed by atoms with E-state index in [1.807, 2.05) is 13.8 Å². The molecule has 18 heavy (non-hydrogen) atoms. The van der Waals surface area contributed by atoms with Crippen LogP contribution in [0.4, 0.5) is 0 Å². The summed E-state index contributed by atoms with van der Waals surface area (Å²) in [6.07, 6.45) is 1.16. The molecule has 104 valence electrons. The van der Waals surface area contributed by atoms with Gasteiger partial charge in [-0.1, -0.05) is 33.0 Å². The monoisotopic (exact) mass is 271 g/mol. The molecule has 0 saturated carbocycles. The molecule has 0 aromatic heterocycles. The summed E-state index contributed by atoms with van der Waals surface area (Å²) in [5, 5.41) is 3.00. The number of carbonyl (C=O) groups is 1. The van der Waals surface area contributed by atoms with Crippen molar-refractivity contribution in [3.05, 3.63) is 0 Å². The highest BCUT2D eigenvalue weighted by Gasteiger charge is 2.27. The SMILES string of the molecule is CCN1CCC(CNC(=O)C(C(N)=S)C(C)C)C1. The van der Waals surface area contributed by atoms with Crippen molar-refractivity contribution in [1.82, 2.24) is 10.2 Å². The minimum Gasteiger partial charge on any atom is -0.393 e. The Kier molecular flexibility index (Phi) is 6.02. The van der Waals surface area contributed by atoms with Gasteiger partial charge in [-0.05, 0) is 31.3 Å². The molecule has 0 aromatic rings. The molecule has 2 atom stereocenters. The van der Waals surface area contributed by atoms with Crippen LogP contribution < -0.4 is 11.1 Å². The van der Waals surface area contributed by atoms with Gasteiger partial charge in [0.1, 0.15) is 0 Å². The number of likely N-dealkylation sites (tertiary alicyclic amines) is 1. The molecule has 0 aliphatic carbocycles. The van der Waals surface area contributed by atoms with Gasteiger partial charge >= 0.3 is 0 Å². The van der Waals surface area contributed by atoms with E-state index in [9.17, 15) is 4.79 Å². The zero-order valence-electron chi connectivity index (χ0n) is 11.6. The number of nitrogens with one attached hydrogen (secondary N) is 1. The number of amides is 1. The lowest BCUT2D eigenvalue weighted by Crippen LogP contribution is -2.42. The third kappa shape index (κ3) is 4.21. The lowest BCUT2D eigenvalue weighted by atomic mass is 9.94. The first-order valence-corrected chi connectivity index (χ1v) is 7.15. The molecular formula is C13H25N3OS. The maximum atomic E-state index is 12.0. The third-order valence-corrected chi connectivity index (χ3v) is 3.89. The summed E-state index contributed by atoms with van der Waals surface area (Å²) < 4.78 is 0. The van der Waals surface area contributed by atoms with Crippen molar-refractivity contribution >= 4 is 23.1 Å². The molecule has 1 aliphatic rings. The summed E-state index contributed by atoms with van der Waals surface area (Å²) in [5.41, 5.74) is 5.63. The average Bonchev–Trinajstić information content (AvgIpc) is 2.73. The molecule has 3 N–H and O–H groups in total. The fourth-order valence-electron chi connectivity index (χ4n) is 2.48. The number of nitrogens with zero attached hydrogens (tertiary/aromatic N) is 1. The molecular weight excluding hydrogens is 246 g/mol. The lowest BCUT2D eigenvalue weighted by Gasteiger charge is -2.20. The molecule has 1 aliphatic heterocycles. The van der Waals surface area contributed by atoms with Crippen LogP contribution in [0.5, 0.6) is 0 Å². The van der Waals surface area contributed by atoms with Gasteiger partial charge in [0, 0.05) is 13.1 Å². The van der Waals surface area contributed by atoms with Crippen LogP contribution in [-0.4, -0.2) is 42.0 Å². The second kappa shape index (κ2) is 7.04. The van der Waals surface area contributed by atoms with E-state index >= 15 is 0 Å². The standard InChI is InChI=1S/C13H25N3OS/c1-4-16-6-5-10(8-16)7-15-13(17)11(9(2)3)12(14)18/h9-11H,4-8H2,1-3H3,(H2,14,18)(H,15,17). The van der Waals surface area contributed by atoms with Crippen molar-refractivity contribution in [2.24, 2.45) is 23.5 Å². The molecule has 0 bridgehead atoms. The summed E-state index contributed by atoms with van der Waals surface area (Å²) in [7, 11) is 0. The van der Waals surface area contributed by atoms with Crippen molar-refractivity contribution in [3.8, 4) is 0 Å². The Labute approximate surface area is 115 Å². The van der Waals surface area contributed by atoms with E-state index in [1.54, 1.807) is 0 Å². The normalized spacial score (nSPS) is 22.1. The first-order valence-electron chi connectivity index (χ1n) is 6.75. The molecule has 5 heteroatoms. The van der Waals surface area contributed by atoms with Crippen LogP contribution in [0, 0.1) is 17.8 Å². The minimum atomic E-state index is -0.344. The molecule has 2 unspecified atom stereocenters. The van der Waals surface area contributed by atoms with Gasteiger partial charge in [-0.25, -0.2) is 0 Å². The van der Waals surface area contributed by atoms with E-state index in [1.165, 1.54) is 0 Å². The number of nitrogens with two attached hydrogens (primary N) is 1. The van der Waals surface area contributed by atoms with Crippen molar-refractivity contribution in [2.45, 2.75) is 27.2 Å². The van der Waals surface area contributed by atoms with Gasteiger partial charge in [0.15, 0.2) is 0 Å². The highest BCUT2D eigenvalue weighted by molar-refractivity contribution is 7.80. The maximum absolute atomic E-state index is 12.0. The summed E-state index contributed by atoms with van der Waals surface area (Å²) in [6.45, 7) is 10.2. The van der Waals surface area contributed by atoms with E-state index < -0.39 is 0 Å². The summed E-state index contributed by atoms with van der Waals surface area (Å²) >= 11 is 4.96. The topological polar surface area (TPSA) is 58.4 Å². The van der Waals surface area contributed by atoms with Crippen LogP contribution >= 0.6 is 12.2 Å². The van der Waals surface area contributed by atoms with Crippen LogP contribution in [-0.2, 0) is 4.79 Å². The van der Waals surface area contributed by atoms with Crippen LogP contribution in [0.3, 0.4) is 0 Å². The minimum absolute atomic E-state index is 0.0209. The van der Waals surface area contributed by atoms with E-state index in [-0.39, 0.29) is 17.7 Å². The molecule has 1 saturated heterocycles. The Bertz CT molecular complexity index is 307. The number of carbonyl (C=O) groups excluding carboxylic acids is 1. The average molecular weight is 271 g/mol. The highest BCUT2D eigenvalue weighted by atomic mass is 32.1. The number of rotatable bonds is 6. The summed E-state index contributed by atoms with van der Waals surface area (Å²) in [6, 6.07) is 0. The van der Waals surface area contributed by atoms with Crippen LogP contribution in [0.1, 0.15) is 27.2 Å². The molecule has 1 heterocycles.